The van der Waals surface area contributed by atoms with Gasteiger partial charge in [0.1, 0.15) is 67.1 Å². The van der Waals surface area contributed by atoms with Gasteiger partial charge in [0.15, 0.2) is 25.0 Å². The van der Waals surface area contributed by atoms with Crippen molar-refractivity contribution in [1.82, 2.24) is 0 Å². The Labute approximate surface area is 361 Å². The number of hydrogen-bond donors (Lipinski definition) is 9. The number of aliphatic hydroxyl groups is 8. The van der Waals surface area contributed by atoms with Crippen LogP contribution in [0.2, 0.25) is 0 Å². The van der Waals surface area contributed by atoms with Gasteiger partial charge < -0.3 is 83.9 Å². The van der Waals surface area contributed by atoms with Crippen LogP contribution in [0, 0.1) is 46.3 Å². The summed E-state index contributed by atoms with van der Waals surface area (Å²) < 4.78 is 49.6. The number of carbonyl (C=O) groups is 1. The highest BCUT2D eigenvalue weighted by atomic mass is 16.8. The quantitative estimate of drug-likeness (QED) is 0.125. The highest BCUT2D eigenvalue weighted by Crippen LogP contribution is 2.68. The summed E-state index contributed by atoms with van der Waals surface area (Å²) in [5.74, 6) is 0.221. The van der Waals surface area contributed by atoms with E-state index in [0.29, 0.717) is 49.0 Å². The molecule has 352 valence electrons. The maximum absolute atomic E-state index is 12.3. The van der Waals surface area contributed by atoms with Crippen LogP contribution in [0.3, 0.4) is 0 Å². The summed E-state index contributed by atoms with van der Waals surface area (Å²) >= 11 is 0. The number of aliphatic hydroxyl groups excluding tert-OH is 8. The second-order valence-corrected chi connectivity index (χ2v) is 20.8. The first-order valence-corrected chi connectivity index (χ1v) is 22.9. The van der Waals surface area contributed by atoms with E-state index in [9.17, 15) is 50.8 Å². The molecule has 0 amide bonds. The van der Waals surface area contributed by atoms with Crippen molar-refractivity contribution >= 4 is 5.97 Å². The minimum atomic E-state index is -2.01. The van der Waals surface area contributed by atoms with E-state index in [2.05, 4.69) is 40.7 Å². The fourth-order valence-corrected chi connectivity index (χ4v) is 13.5. The van der Waals surface area contributed by atoms with Crippen LogP contribution in [-0.2, 0) is 42.7 Å². The summed E-state index contributed by atoms with van der Waals surface area (Å²) in [5, 5.41) is 98.3. The van der Waals surface area contributed by atoms with Crippen molar-refractivity contribution in [2.75, 3.05) is 13.2 Å². The molecule has 0 aromatic carbocycles. The molecule has 9 N–H and O–H groups in total. The van der Waals surface area contributed by atoms with Crippen molar-refractivity contribution < 1.29 is 88.6 Å². The van der Waals surface area contributed by atoms with Crippen LogP contribution in [0.15, 0.2) is 11.6 Å². The Morgan fingerprint density at radius 2 is 1.35 bits per heavy atom. The predicted octanol–water partition coefficient (Wildman–Crippen LogP) is -0.433. The second-order valence-electron chi connectivity index (χ2n) is 20.8. The van der Waals surface area contributed by atoms with E-state index in [4.69, 9.17) is 37.9 Å². The molecule has 5 saturated heterocycles. The van der Waals surface area contributed by atoms with Gasteiger partial charge in [0.05, 0.1) is 37.6 Å². The summed E-state index contributed by atoms with van der Waals surface area (Å²) in [6.45, 7) is 10.5. The first-order valence-electron chi connectivity index (χ1n) is 22.9. The van der Waals surface area contributed by atoms with Gasteiger partial charge >= 0.3 is 5.97 Å². The second kappa shape index (κ2) is 17.0. The van der Waals surface area contributed by atoms with Gasteiger partial charge in [-0.1, -0.05) is 46.3 Å². The average Bonchev–Trinajstić information content (AvgIpc) is 3.97. The van der Waals surface area contributed by atoms with Gasteiger partial charge in [-0.2, -0.15) is 0 Å². The standard InChI is InChI=1S/C44H68O18/c1-16(2)34-35(59-34)17(3)20-6-7-21-19-13-24-23-12-18(8-10-44(23,5)22(19)9-11-43(20,21)4)56-41-38(32(51)31(50)36(60-41)39(53)54)62-42-37(30(49)27(46)25(14-45)57-42)61-40-33(52)29(48)28(47)26(58-40)15-55-24/h13,16-18,20-38,40-42,45-52H,6-12,14-15H2,1-5H3,(H,53,54). The van der Waals surface area contributed by atoms with Crippen LogP contribution in [0.1, 0.15) is 79.6 Å². The van der Waals surface area contributed by atoms with E-state index in [1.54, 1.807) is 0 Å². The number of hydrogen-bond acceptors (Lipinski definition) is 17. The van der Waals surface area contributed by atoms with Crippen LogP contribution < -0.4 is 0 Å². The largest absolute Gasteiger partial charge is 0.479 e. The van der Waals surface area contributed by atoms with Gasteiger partial charge in [0.2, 0.25) is 0 Å². The highest BCUT2D eigenvalue weighted by molar-refractivity contribution is 5.73. The maximum atomic E-state index is 12.3. The molecule has 18 heteroatoms. The van der Waals surface area contributed by atoms with E-state index in [-0.39, 0.29) is 35.4 Å². The summed E-state index contributed by atoms with van der Waals surface area (Å²) in [7, 11) is 0. The fourth-order valence-electron chi connectivity index (χ4n) is 13.5. The first-order chi connectivity index (χ1) is 29.4. The van der Waals surface area contributed by atoms with Crippen LogP contribution in [0.25, 0.3) is 0 Å². The molecule has 0 aromatic rings. The number of allylic oxidation sites excluding steroid dienone is 1. The molecule has 4 bridgehead atoms. The molecule has 8 fully saturated rings. The topological polar surface area (TPSA) is 276 Å². The minimum Gasteiger partial charge on any atom is -0.479 e. The van der Waals surface area contributed by atoms with Gasteiger partial charge in [-0.15, -0.1) is 0 Å². The number of epoxide rings is 1. The third-order valence-electron chi connectivity index (χ3n) is 17.1. The van der Waals surface area contributed by atoms with Crippen molar-refractivity contribution in [3.63, 3.8) is 0 Å². The highest BCUT2D eigenvalue weighted by Gasteiger charge is 2.63. The Balaban J connectivity index is 1.07. The average molecular weight is 885 g/mol. The maximum Gasteiger partial charge on any atom is 0.335 e. The lowest BCUT2D eigenvalue weighted by molar-refractivity contribution is -0.395. The van der Waals surface area contributed by atoms with E-state index in [0.717, 1.165) is 25.7 Å². The molecule has 62 heavy (non-hydrogen) atoms. The lowest BCUT2D eigenvalue weighted by atomic mass is 9.47. The van der Waals surface area contributed by atoms with Crippen LogP contribution in [-0.4, -0.2) is 182 Å². The number of aliphatic carboxylic acids is 1. The van der Waals surface area contributed by atoms with Crippen molar-refractivity contribution in [3.8, 4) is 0 Å². The van der Waals surface area contributed by atoms with Crippen molar-refractivity contribution in [2.24, 2.45) is 46.3 Å². The van der Waals surface area contributed by atoms with Crippen LogP contribution in [0.4, 0.5) is 0 Å². The Kier molecular flexibility index (Phi) is 12.6. The molecule has 18 nitrogen and oxygen atoms in total. The minimum absolute atomic E-state index is 0.0555. The fraction of sp³-hybridized carbons (Fsp3) is 0.932. The number of carboxylic acid groups (broad SMARTS) is 1. The summed E-state index contributed by atoms with van der Waals surface area (Å²) in [6, 6.07) is 0. The zero-order valence-corrected chi connectivity index (χ0v) is 36.1. The van der Waals surface area contributed by atoms with E-state index in [1.807, 2.05) is 0 Å². The number of fused-ring (bicyclic) bond motifs is 9. The Hall–Kier alpha value is -1.43. The molecule has 0 aromatic heterocycles. The predicted molar refractivity (Wildman–Crippen MR) is 210 cm³/mol. The molecule has 5 aliphatic heterocycles. The SMILES string of the molecule is CC(C)C1OC1C(C)C1CCC2C3=CC4OCC5OC(OC6C(OC(CO)C(O)C6O)OC6C(OC7CCC(C)(C3CCC21C)C4C7)OC(C(=O)O)C(O)C6O)C(O)C(O)C5O. The van der Waals surface area contributed by atoms with Crippen molar-refractivity contribution in [1.29, 1.82) is 0 Å². The lowest BCUT2D eigenvalue weighted by Gasteiger charge is -2.60. The smallest absolute Gasteiger partial charge is 0.335 e. The van der Waals surface area contributed by atoms with E-state index >= 15 is 0 Å². The van der Waals surface area contributed by atoms with Gasteiger partial charge in [0, 0.05) is 0 Å². The number of carboxylic acids is 1. The number of rotatable bonds is 5. The molecule has 4 aliphatic carbocycles. The monoisotopic (exact) mass is 884 g/mol. The Morgan fingerprint density at radius 1 is 0.694 bits per heavy atom. The van der Waals surface area contributed by atoms with Crippen molar-refractivity contribution in [3.05, 3.63) is 11.6 Å². The summed E-state index contributed by atoms with van der Waals surface area (Å²) in [6.07, 6.45) is -18.5. The van der Waals surface area contributed by atoms with Crippen LogP contribution in [0.5, 0.6) is 0 Å². The molecule has 9 rings (SSSR count). The van der Waals surface area contributed by atoms with Crippen molar-refractivity contribution in [2.45, 2.75) is 196 Å². The van der Waals surface area contributed by atoms with Gasteiger partial charge in [-0.05, 0) is 91.3 Å². The summed E-state index contributed by atoms with van der Waals surface area (Å²) in [4.78, 5) is 12.3. The summed E-state index contributed by atoms with van der Waals surface area (Å²) in [5.41, 5.74) is 1.16. The molecular formula is C44H68O18. The zero-order chi connectivity index (χ0) is 44.3. The lowest BCUT2D eigenvalue weighted by Crippen LogP contribution is -2.67. The molecule has 26 atom stereocenters. The van der Waals surface area contributed by atoms with Crippen LogP contribution >= 0.6 is 0 Å². The van der Waals surface area contributed by atoms with E-state index in [1.165, 1.54) is 5.57 Å². The van der Waals surface area contributed by atoms with Gasteiger partial charge in [-0.3, -0.25) is 0 Å². The van der Waals surface area contributed by atoms with E-state index < -0.39 is 117 Å². The molecule has 26 unspecified atom stereocenters. The number of ether oxygens (including phenoxy) is 8. The third kappa shape index (κ3) is 7.53. The molecule has 5 heterocycles. The molecule has 0 spiro atoms. The molecule has 9 aliphatic rings. The van der Waals surface area contributed by atoms with Gasteiger partial charge in [-0.25, -0.2) is 4.79 Å². The zero-order valence-electron chi connectivity index (χ0n) is 36.1. The Bertz CT molecular complexity index is 1670. The molecule has 3 saturated carbocycles. The first kappa shape index (κ1) is 45.7. The molecular weight excluding hydrogens is 816 g/mol. The third-order valence-corrected chi connectivity index (χ3v) is 17.1. The van der Waals surface area contributed by atoms with Gasteiger partial charge in [0.25, 0.3) is 0 Å². The Morgan fingerprint density at radius 3 is 2.03 bits per heavy atom. The molecule has 0 radical (unpaired) electrons. The normalized spacial score (nSPS) is 55.8.